The standard InChI is InChI=1S/C20H15N3O2/c24-19-15(10-14-8-4-5-9-17(14)21-19)11-16-12-18(22-23-20(16)25)13-6-2-1-3-7-13/h1-10,12H,11H2,(H,21,24)(H,23,25). The lowest BCUT2D eigenvalue weighted by molar-refractivity contribution is 0.950. The first-order chi connectivity index (χ1) is 12.2. The molecule has 2 aromatic heterocycles. The molecule has 4 aromatic rings. The zero-order valence-corrected chi connectivity index (χ0v) is 13.3. The number of hydrogen-bond acceptors (Lipinski definition) is 3. The van der Waals surface area contributed by atoms with Gasteiger partial charge in [0.1, 0.15) is 0 Å². The van der Waals surface area contributed by atoms with Gasteiger partial charge in [0.05, 0.1) is 5.69 Å². The lowest BCUT2D eigenvalue weighted by atomic mass is 10.0. The number of nitrogens with zero attached hydrogens (tertiary/aromatic N) is 1. The lowest BCUT2D eigenvalue weighted by Crippen LogP contribution is -2.19. The van der Waals surface area contributed by atoms with Gasteiger partial charge < -0.3 is 4.98 Å². The first-order valence-corrected chi connectivity index (χ1v) is 7.96. The second-order valence-corrected chi connectivity index (χ2v) is 5.86. The van der Waals surface area contributed by atoms with E-state index in [9.17, 15) is 9.59 Å². The van der Waals surface area contributed by atoms with Crippen molar-refractivity contribution in [1.29, 1.82) is 0 Å². The molecule has 0 aliphatic rings. The van der Waals surface area contributed by atoms with Gasteiger partial charge in [0.15, 0.2) is 0 Å². The molecule has 0 aliphatic heterocycles. The van der Waals surface area contributed by atoms with E-state index in [-0.39, 0.29) is 17.5 Å². The fourth-order valence-corrected chi connectivity index (χ4v) is 2.86. The van der Waals surface area contributed by atoms with Gasteiger partial charge in [-0.3, -0.25) is 9.59 Å². The smallest absolute Gasteiger partial charge is 0.267 e. The molecule has 0 atom stereocenters. The van der Waals surface area contributed by atoms with Crippen molar-refractivity contribution in [3.05, 3.63) is 98.6 Å². The highest BCUT2D eigenvalue weighted by Crippen LogP contribution is 2.17. The van der Waals surface area contributed by atoms with Crippen LogP contribution < -0.4 is 11.1 Å². The van der Waals surface area contributed by atoms with Crippen molar-refractivity contribution in [3.63, 3.8) is 0 Å². The van der Waals surface area contributed by atoms with Gasteiger partial charge in [0.25, 0.3) is 11.1 Å². The molecule has 2 aromatic carbocycles. The second-order valence-electron chi connectivity index (χ2n) is 5.86. The molecule has 0 amide bonds. The summed E-state index contributed by atoms with van der Waals surface area (Å²) in [5, 5.41) is 7.56. The van der Waals surface area contributed by atoms with Crippen molar-refractivity contribution in [2.75, 3.05) is 0 Å². The largest absolute Gasteiger partial charge is 0.322 e. The molecule has 5 nitrogen and oxygen atoms in total. The number of aromatic nitrogens is 3. The van der Waals surface area contributed by atoms with Crippen LogP contribution in [0.25, 0.3) is 22.2 Å². The molecule has 0 aliphatic carbocycles. The third-order valence-corrected chi connectivity index (χ3v) is 4.16. The van der Waals surface area contributed by atoms with Crippen molar-refractivity contribution in [2.45, 2.75) is 6.42 Å². The molecule has 0 unspecified atom stereocenters. The van der Waals surface area contributed by atoms with Gasteiger partial charge >= 0.3 is 0 Å². The Morgan fingerprint density at radius 2 is 1.52 bits per heavy atom. The minimum absolute atomic E-state index is 0.184. The summed E-state index contributed by atoms with van der Waals surface area (Å²) in [5.41, 5.74) is 2.96. The molecule has 0 saturated heterocycles. The monoisotopic (exact) mass is 329 g/mol. The first kappa shape index (κ1) is 15.1. The zero-order chi connectivity index (χ0) is 17.2. The van der Waals surface area contributed by atoms with Crippen LogP contribution in [0.4, 0.5) is 0 Å². The minimum atomic E-state index is -0.285. The number of hydrogen-bond donors (Lipinski definition) is 2. The van der Waals surface area contributed by atoms with Gasteiger partial charge in [0, 0.05) is 28.6 Å². The maximum absolute atomic E-state index is 12.3. The number of para-hydroxylation sites is 1. The molecule has 25 heavy (non-hydrogen) atoms. The SMILES string of the molecule is O=c1[nH]nc(-c2ccccc2)cc1Cc1cc2ccccc2[nH]c1=O. The number of aromatic amines is 2. The van der Waals surface area contributed by atoms with Crippen molar-refractivity contribution >= 4 is 10.9 Å². The first-order valence-electron chi connectivity index (χ1n) is 7.96. The maximum Gasteiger partial charge on any atom is 0.267 e. The van der Waals surface area contributed by atoms with E-state index in [2.05, 4.69) is 15.2 Å². The Balaban J connectivity index is 1.77. The van der Waals surface area contributed by atoms with Crippen LogP contribution in [0.3, 0.4) is 0 Å². The summed E-state index contributed by atoms with van der Waals surface area (Å²) in [4.78, 5) is 27.3. The lowest BCUT2D eigenvalue weighted by Gasteiger charge is -2.05. The number of nitrogens with one attached hydrogen (secondary N) is 2. The Kier molecular flexibility index (Phi) is 3.74. The van der Waals surface area contributed by atoms with E-state index < -0.39 is 0 Å². The van der Waals surface area contributed by atoms with Gasteiger partial charge in [0.2, 0.25) is 0 Å². The number of benzene rings is 2. The molecule has 4 rings (SSSR count). The van der Waals surface area contributed by atoms with E-state index in [1.807, 2.05) is 60.7 Å². The summed E-state index contributed by atoms with van der Waals surface area (Å²) in [5.74, 6) is 0. The van der Waals surface area contributed by atoms with E-state index in [1.165, 1.54) is 0 Å². The predicted molar refractivity (Wildman–Crippen MR) is 97.7 cm³/mol. The normalized spacial score (nSPS) is 10.9. The quantitative estimate of drug-likeness (QED) is 0.606. The van der Waals surface area contributed by atoms with Crippen LogP contribution in [0, 0.1) is 0 Å². The zero-order valence-electron chi connectivity index (χ0n) is 13.3. The van der Waals surface area contributed by atoms with Gasteiger partial charge in [-0.1, -0.05) is 48.5 Å². The Labute approximate surface area is 143 Å². The molecule has 122 valence electrons. The molecule has 0 spiro atoms. The third kappa shape index (κ3) is 2.99. The highest BCUT2D eigenvalue weighted by atomic mass is 16.1. The van der Waals surface area contributed by atoms with Crippen LogP contribution in [-0.4, -0.2) is 15.2 Å². The summed E-state index contributed by atoms with van der Waals surface area (Å²) >= 11 is 0. The van der Waals surface area contributed by atoms with E-state index in [0.717, 1.165) is 16.5 Å². The highest BCUT2D eigenvalue weighted by molar-refractivity contribution is 5.78. The van der Waals surface area contributed by atoms with Crippen LogP contribution in [0.5, 0.6) is 0 Å². The van der Waals surface area contributed by atoms with Crippen molar-refractivity contribution in [2.24, 2.45) is 0 Å². The van der Waals surface area contributed by atoms with Gasteiger partial charge in [-0.15, -0.1) is 0 Å². The third-order valence-electron chi connectivity index (χ3n) is 4.16. The predicted octanol–water partition coefficient (Wildman–Crippen LogP) is 2.87. The van der Waals surface area contributed by atoms with Crippen molar-refractivity contribution in [3.8, 4) is 11.3 Å². The summed E-state index contributed by atoms with van der Waals surface area (Å²) in [6, 6.07) is 20.7. The van der Waals surface area contributed by atoms with Crippen molar-refractivity contribution < 1.29 is 0 Å². The Bertz CT molecular complexity index is 1160. The second kappa shape index (κ2) is 6.20. The topological polar surface area (TPSA) is 78.6 Å². The molecule has 0 fully saturated rings. The number of pyridine rings is 1. The van der Waals surface area contributed by atoms with Crippen LogP contribution >= 0.6 is 0 Å². The van der Waals surface area contributed by atoms with Gasteiger partial charge in [-0.05, 0) is 23.6 Å². The molecule has 0 saturated carbocycles. The summed E-state index contributed by atoms with van der Waals surface area (Å²) in [6.45, 7) is 0. The molecular formula is C20H15N3O2. The van der Waals surface area contributed by atoms with Gasteiger partial charge in [-0.25, -0.2) is 5.10 Å². The van der Waals surface area contributed by atoms with E-state index in [4.69, 9.17) is 0 Å². The molecule has 0 radical (unpaired) electrons. The van der Waals surface area contributed by atoms with Crippen molar-refractivity contribution in [1.82, 2.24) is 15.2 Å². The molecule has 2 heterocycles. The highest BCUT2D eigenvalue weighted by Gasteiger charge is 2.09. The van der Waals surface area contributed by atoms with Crippen LogP contribution in [0.15, 0.2) is 76.3 Å². The minimum Gasteiger partial charge on any atom is -0.322 e. The number of H-pyrrole nitrogens is 2. The average molecular weight is 329 g/mol. The Hall–Kier alpha value is -3.47. The fourth-order valence-electron chi connectivity index (χ4n) is 2.86. The summed E-state index contributed by atoms with van der Waals surface area (Å²) in [6.07, 6.45) is 0.248. The fraction of sp³-hybridized carbons (Fsp3) is 0.0500. The van der Waals surface area contributed by atoms with E-state index in [1.54, 1.807) is 6.07 Å². The van der Waals surface area contributed by atoms with E-state index in [0.29, 0.717) is 16.8 Å². The Morgan fingerprint density at radius 1 is 0.800 bits per heavy atom. The summed E-state index contributed by atoms with van der Waals surface area (Å²) < 4.78 is 0. The molecule has 2 N–H and O–H groups in total. The van der Waals surface area contributed by atoms with Gasteiger partial charge in [-0.2, -0.15) is 5.10 Å². The number of rotatable bonds is 3. The number of fused-ring (bicyclic) bond motifs is 1. The Morgan fingerprint density at radius 3 is 2.36 bits per heavy atom. The molecular weight excluding hydrogens is 314 g/mol. The van der Waals surface area contributed by atoms with Crippen LogP contribution in [0.2, 0.25) is 0 Å². The van der Waals surface area contributed by atoms with E-state index >= 15 is 0 Å². The molecule has 5 heteroatoms. The van der Waals surface area contributed by atoms with Crippen LogP contribution in [-0.2, 0) is 6.42 Å². The molecule has 0 bridgehead atoms. The average Bonchev–Trinajstić information content (AvgIpc) is 2.65. The van der Waals surface area contributed by atoms with Crippen LogP contribution in [0.1, 0.15) is 11.1 Å². The summed E-state index contributed by atoms with van der Waals surface area (Å²) in [7, 11) is 0. The maximum atomic E-state index is 12.3.